The van der Waals surface area contributed by atoms with Crippen molar-refractivity contribution in [1.29, 1.82) is 5.26 Å². The zero-order valence-corrected chi connectivity index (χ0v) is 12.3. The van der Waals surface area contributed by atoms with Gasteiger partial charge in [0, 0.05) is 12.7 Å². The highest BCUT2D eigenvalue weighted by molar-refractivity contribution is 5.92. The molecule has 1 aliphatic carbocycles. The van der Waals surface area contributed by atoms with Gasteiger partial charge in [-0.15, -0.1) is 0 Å². The Balaban J connectivity index is 1.87. The van der Waals surface area contributed by atoms with Crippen LogP contribution in [-0.4, -0.2) is 28.1 Å². The van der Waals surface area contributed by atoms with Crippen LogP contribution in [-0.2, 0) is 0 Å². The van der Waals surface area contributed by atoms with Gasteiger partial charge in [0.15, 0.2) is 0 Å². The van der Waals surface area contributed by atoms with Gasteiger partial charge < -0.3 is 10.4 Å². The third kappa shape index (κ3) is 4.02. The molecule has 0 aliphatic heterocycles. The minimum absolute atomic E-state index is 0.254. The zero-order chi connectivity index (χ0) is 15.3. The SMILES string of the molecule is CCC1CCC(O)(CNC(=O)c2ccc(C#N)cn2)CC1. The Morgan fingerprint density at radius 1 is 1.52 bits per heavy atom. The second kappa shape index (κ2) is 6.68. The van der Waals surface area contributed by atoms with Crippen molar-refractivity contribution in [2.45, 2.75) is 44.6 Å². The van der Waals surface area contributed by atoms with Gasteiger partial charge in [-0.1, -0.05) is 13.3 Å². The predicted molar refractivity (Wildman–Crippen MR) is 78.5 cm³/mol. The molecule has 1 aromatic heterocycles. The maximum Gasteiger partial charge on any atom is 0.269 e. The summed E-state index contributed by atoms with van der Waals surface area (Å²) in [7, 11) is 0. The third-order valence-corrected chi connectivity index (χ3v) is 4.32. The lowest BCUT2D eigenvalue weighted by Gasteiger charge is -2.35. The lowest BCUT2D eigenvalue weighted by Crippen LogP contribution is -2.45. The van der Waals surface area contributed by atoms with E-state index in [1.807, 2.05) is 6.07 Å². The van der Waals surface area contributed by atoms with Crippen LogP contribution in [0.25, 0.3) is 0 Å². The number of nitrogens with zero attached hydrogens (tertiary/aromatic N) is 2. The van der Waals surface area contributed by atoms with Crippen molar-refractivity contribution in [3.05, 3.63) is 29.6 Å². The molecule has 112 valence electrons. The summed E-state index contributed by atoms with van der Waals surface area (Å²) in [6.07, 6.45) is 6.00. The van der Waals surface area contributed by atoms with Gasteiger partial charge in [0.1, 0.15) is 11.8 Å². The second-order valence-corrected chi connectivity index (χ2v) is 5.80. The Morgan fingerprint density at radius 3 is 2.76 bits per heavy atom. The second-order valence-electron chi connectivity index (χ2n) is 5.80. The number of amides is 1. The molecule has 0 spiro atoms. The normalized spacial score (nSPS) is 25.1. The Morgan fingerprint density at radius 2 is 2.24 bits per heavy atom. The first-order chi connectivity index (χ1) is 10.1. The molecule has 1 saturated carbocycles. The van der Waals surface area contributed by atoms with Crippen LogP contribution in [0.2, 0.25) is 0 Å². The van der Waals surface area contributed by atoms with Gasteiger partial charge in [0.05, 0.1) is 11.2 Å². The van der Waals surface area contributed by atoms with Crippen LogP contribution < -0.4 is 5.32 Å². The largest absolute Gasteiger partial charge is 0.388 e. The molecule has 1 heterocycles. The summed E-state index contributed by atoms with van der Waals surface area (Å²) in [5, 5.41) is 21.9. The number of nitriles is 1. The highest BCUT2D eigenvalue weighted by Gasteiger charge is 2.32. The number of hydrogen-bond donors (Lipinski definition) is 2. The van der Waals surface area contributed by atoms with Gasteiger partial charge >= 0.3 is 0 Å². The van der Waals surface area contributed by atoms with Crippen LogP contribution >= 0.6 is 0 Å². The van der Waals surface area contributed by atoms with E-state index in [4.69, 9.17) is 5.26 Å². The molecule has 5 heteroatoms. The lowest BCUT2D eigenvalue weighted by atomic mass is 9.78. The topological polar surface area (TPSA) is 86.0 Å². The van der Waals surface area contributed by atoms with E-state index in [-0.39, 0.29) is 18.1 Å². The summed E-state index contributed by atoms with van der Waals surface area (Å²) < 4.78 is 0. The molecule has 1 aliphatic rings. The van der Waals surface area contributed by atoms with E-state index >= 15 is 0 Å². The predicted octanol–water partition coefficient (Wildman–Crippen LogP) is 2.01. The molecule has 0 saturated heterocycles. The highest BCUT2D eigenvalue weighted by Crippen LogP contribution is 2.33. The molecule has 0 aromatic carbocycles. The molecule has 2 rings (SSSR count). The van der Waals surface area contributed by atoms with E-state index in [0.29, 0.717) is 11.5 Å². The molecule has 2 N–H and O–H groups in total. The van der Waals surface area contributed by atoms with E-state index in [1.54, 1.807) is 6.07 Å². The molecular formula is C16H21N3O2. The molecule has 0 atom stereocenters. The molecule has 0 radical (unpaired) electrons. The average molecular weight is 287 g/mol. The molecule has 21 heavy (non-hydrogen) atoms. The first-order valence-electron chi connectivity index (χ1n) is 7.43. The number of pyridine rings is 1. The Kier molecular flexibility index (Phi) is 4.92. The third-order valence-electron chi connectivity index (χ3n) is 4.32. The minimum Gasteiger partial charge on any atom is -0.388 e. The Labute approximate surface area is 125 Å². The number of carbonyl (C=O) groups is 1. The van der Waals surface area contributed by atoms with Gasteiger partial charge in [0.2, 0.25) is 0 Å². The molecule has 1 aromatic rings. The van der Waals surface area contributed by atoms with Gasteiger partial charge in [-0.2, -0.15) is 5.26 Å². The number of aromatic nitrogens is 1. The van der Waals surface area contributed by atoms with Crippen LogP contribution in [0.4, 0.5) is 0 Å². The fourth-order valence-corrected chi connectivity index (χ4v) is 2.73. The number of nitrogens with one attached hydrogen (secondary N) is 1. The molecule has 1 amide bonds. The van der Waals surface area contributed by atoms with Crippen LogP contribution in [0.1, 0.15) is 55.1 Å². The van der Waals surface area contributed by atoms with Gasteiger partial charge in [-0.3, -0.25) is 4.79 Å². The minimum atomic E-state index is -0.798. The van der Waals surface area contributed by atoms with Crippen molar-refractivity contribution in [1.82, 2.24) is 10.3 Å². The summed E-state index contributed by atoms with van der Waals surface area (Å²) >= 11 is 0. The van der Waals surface area contributed by atoms with E-state index in [0.717, 1.165) is 32.1 Å². The van der Waals surface area contributed by atoms with E-state index < -0.39 is 5.60 Å². The van der Waals surface area contributed by atoms with E-state index in [1.165, 1.54) is 12.3 Å². The van der Waals surface area contributed by atoms with Gasteiger partial charge in [-0.25, -0.2) is 4.98 Å². The standard InChI is InChI=1S/C16H21N3O2/c1-2-12-5-7-16(21,8-6-12)11-19-15(20)14-4-3-13(9-17)10-18-14/h3-4,10,12,21H,2,5-8,11H2,1H3,(H,19,20). The smallest absolute Gasteiger partial charge is 0.269 e. The fraction of sp³-hybridized carbons (Fsp3) is 0.562. The lowest BCUT2D eigenvalue weighted by molar-refractivity contribution is -0.00790. The Bertz CT molecular complexity index is 525. The van der Waals surface area contributed by atoms with Crippen LogP contribution in [0.15, 0.2) is 18.3 Å². The van der Waals surface area contributed by atoms with E-state index in [2.05, 4.69) is 17.2 Å². The molecule has 0 unspecified atom stereocenters. The van der Waals surface area contributed by atoms with Crippen molar-refractivity contribution in [2.75, 3.05) is 6.54 Å². The van der Waals surface area contributed by atoms with Crippen molar-refractivity contribution in [3.63, 3.8) is 0 Å². The van der Waals surface area contributed by atoms with Crippen molar-refractivity contribution in [2.24, 2.45) is 5.92 Å². The van der Waals surface area contributed by atoms with E-state index in [9.17, 15) is 9.90 Å². The summed E-state index contributed by atoms with van der Waals surface area (Å²) in [4.78, 5) is 15.9. The number of rotatable bonds is 4. The van der Waals surface area contributed by atoms with Gasteiger partial charge in [-0.05, 0) is 43.7 Å². The molecule has 1 fully saturated rings. The molecule has 5 nitrogen and oxygen atoms in total. The van der Waals surface area contributed by atoms with Crippen LogP contribution in [0.3, 0.4) is 0 Å². The maximum atomic E-state index is 12.0. The summed E-state index contributed by atoms with van der Waals surface area (Å²) in [5.74, 6) is 0.381. The first-order valence-corrected chi connectivity index (χ1v) is 7.43. The molecular weight excluding hydrogens is 266 g/mol. The van der Waals surface area contributed by atoms with Crippen LogP contribution in [0, 0.1) is 17.2 Å². The summed E-state index contributed by atoms with van der Waals surface area (Å²) in [6, 6.07) is 5.04. The summed E-state index contributed by atoms with van der Waals surface area (Å²) in [5.41, 5.74) is -0.114. The Hall–Kier alpha value is -1.93. The van der Waals surface area contributed by atoms with Crippen molar-refractivity contribution >= 4 is 5.91 Å². The van der Waals surface area contributed by atoms with Gasteiger partial charge in [0.25, 0.3) is 5.91 Å². The fourth-order valence-electron chi connectivity index (χ4n) is 2.73. The van der Waals surface area contributed by atoms with Crippen molar-refractivity contribution < 1.29 is 9.90 Å². The number of hydrogen-bond acceptors (Lipinski definition) is 4. The highest BCUT2D eigenvalue weighted by atomic mass is 16.3. The quantitative estimate of drug-likeness (QED) is 0.887. The summed E-state index contributed by atoms with van der Waals surface area (Å²) in [6.45, 7) is 2.43. The number of aliphatic hydroxyl groups is 1. The first kappa shape index (κ1) is 15.5. The zero-order valence-electron chi connectivity index (χ0n) is 12.3. The van der Waals surface area contributed by atoms with Crippen LogP contribution in [0.5, 0.6) is 0 Å². The maximum absolute atomic E-state index is 12.0. The monoisotopic (exact) mass is 287 g/mol. The molecule has 0 bridgehead atoms. The number of carbonyl (C=O) groups excluding carboxylic acids is 1. The van der Waals surface area contributed by atoms with Crippen molar-refractivity contribution in [3.8, 4) is 6.07 Å². The average Bonchev–Trinajstić information content (AvgIpc) is 2.53.